The molecule has 0 heterocycles. The number of rotatable bonds is 0. The molecule has 19 heavy (non-hydrogen) atoms. The molecule has 4 aliphatic rings. The normalized spacial score (nSPS) is 56.6. The first kappa shape index (κ1) is 12.4. The van der Waals surface area contributed by atoms with Gasteiger partial charge in [0, 0.05) is 11.3 Å². The SMILES string of the molecule is C[C@]12CCC[C@@H]1[C@@H]1C[C@H]3CCC[C@@](C)(C3=O)[C@H]1CC2. The van der Waals surface area contributed by atoms with Gasteiger partial charge in [-0.2, -0.15) is 0 Å². The number of fused-ring (bicyclic) bond motifs is 6. The van der Waals surface area contributed by atoms with Crippen LogP contribution in [0.25, 0.3) is 0 Å². The van der Waals surface area contributed by atoms with E-state index in [-0.39, 0.29) is 5.41 Å². The summed E-state index contributed by atoms with van der Waals surface area (Å²) in [5, 5.41) is 0. The van der Waals surface area contributed by atoms with Crippen molar-refractivity contribution in [2.75, 3.05) is 0 Å². The molecule has 0 N–H and O–H groups in total. The van der Waals surface area contributed by atoms with Crippen molar-refractivity contribution in [2.24, 2.45) is 34.5 Å². The molecular weight excluding hydrogens is 232 g/mol. The molecule has 4 aliphatic carbocycles. The first-order valence-corrected chi connectivity index (χ1v) is 8.59. The average Bonchev–Trinajstić information content (AvgIpc) is 2.75. The first-order valence-electron chi connectivity index (χ1n) is 8.59. The predicted octanol–water partition coefficient (Wildman–Crippen LogP) is 4.60. The third-order valence-electron chi connectivity index (χ3n) is 7.78. The van der Waals surface area contributed by atoms with E-state index < -0.39 is 0 Å². The van der Waals surface area contributed by atoms with E-state index in [0.29, 0.717) is 17.1 Å². The van der Waals surface area contributed by atoms with Gasteiger partial charge in [-0.1, -0.05) is 26.7 Å². The number of carbonyl (C=O) groups is 1. The average molecular weight is 260 g/mol. The lowest BCUT2D eigenvalue weighted by Gasteiger charge is -2.58. The molecule has 4 rings (SSSR count). The summed E-state index contributed by atoms with van der Waals surface area (Å²) in [6.07, 6.45) is 12.0. The van der Waals surface area contributed by atoms with Gasteiger partial charge in [0.05, 0.1) is 0 Å². The molecule has 0 spiro atoms. The molecule has 1 heteroatoms. The Morgan fingerprint density at radius 2 is 1.74 bits per heavy atom. The zero-order chi connectivity index (χ0) is 13.3. The molecule has 0 amide bonds. The van der Waals surface area contributed by atoms with Gasteiger partial charge in [-0.25, -0.2) is 0 Å². The van der Waals surface area contributed by atoms with Crippen LogP contribution in [-0.4, -0.2) is 5.78 Å². The largest absolute Gasteiger partial charge is 0.299 e. The second-order valence-corrected chi connectivity index (χ2v) is 8.57. The molecule has 6 atom stereocenters. The van der Waals surface area contributed by atoms with Gasteiger partial charge in [-0.05, 0) is 68.1 Å². The fourth-order valence-electron chi connectivity index (χ4n) is 6.76. The molecule has 0 saturated heterocycles. The number of hydrogen-bond acceptors (Lipinski definition) is 1. The van der Waals surface area contributed by atoms with Crippen molar-refractivity contribution in [1.29, 1.82) is 0 Å². The highest BCUT2D eigenvalue weighted by Crippen LogP contribution is 2.64. The molecule has 0 aromatic carbocycles. The van der Waals surface area contributed by atoms with Crippen molar-refractivity contribution < 1.29 is 4.79 Å². The summed E-state index contributed by atoms with van der Waals surface area (Å²) in [5.41, 5.74) is 0.696. The fraction of sp³-hybridized carbons (Fsp3) is 0.944. The monoisotopic (exact) mass is 260 g/mol. The minimum Gasteiger partial charge on any atom is -0.299 e. The Balaban J connectivity index is 1.72. The van der Waals surface area contributed by atoms with Crippen molar-refractivity contribution in [2.45, 2.75) is 71.6 Å². The smallest absolute Gasteiger partial charge is 0.142 e. The van der Waals surface area contributed by atoms with E-state index in [9.17, 15) is 4.79 Å². The Kier molecular flexibility index (Phi) is 2.52. The van der Waals surface area contributed by atoms with Crippen molar-refractivity contribution in [3.8, 4) is 0 Å². The van der Waals surface area contributed by atoms with E-state index in [1.807, 2.05) is 0 Å². The molecule has 4 saturated carbocycles. The molecule has 2 bridgehead atoms. The number of ketones is 1. The van der Waals surface area contributed by atoms with Crippen LogP contribution in [0.5, 0.6) is 0 Å². The van der Waals surface area contributed by atoms with E-state index in [1.54, 1.807) is 0 Å². The molecule has 4 fully saturated rings. The van der Waals surface area contributed by atoms with Crippen LogP contribution < -0.4 is 0 Å². The van der Waals surface area contributed by atoms with Gasteiger partial charge in [0.25, 0.3) is 0 Å². The predicted molar refractivity (Wildman–Crippen MR) is 76.7 cm³/mol. The standard InChI is InChI=1S/C18H28O/c1-17-8-4-6-14(17)13-11-12-5-3-9-18(2,16(12)19)15(13)7-10-17/h12-15H,3-11H2,1-2H3/t12-,13+,14-,15+,17-,18-/m1/s1. The quantitative estimate of drug-likeness (QED) is 0.622. The highest BCUT2D eigenvalue weighted by molar-refractivity contribution is 5.88. The molecular formula is C18H28O. The highest BCUT2D eigenvalue weighted by atomic mass is 16.1. The number of hydrogen-bond donors (Lipinski definition) is 0. The maximum atomic E-state index is 12.8. The summed E-state index contributed by atoms with van der Waals surface area (Å²) in [5.74, 6) is 3.64. The Hall–Kier alpha value is -0.330. The molecule has 106 valence electrons. The Morgan fingerprint density at radius 1 is 0.947 bits per heavy atom. The topological polar surface area (TPSA) is 17.1 Å². The molecule has 0 radical (unpaired) electrons. The van der Waals surface area contributed by atoms with Crippen LogP contribution >= 0.6 is 0 Å². The Labute approximate surface area is 117 Å². The van der Waals surface area contributed by atoms with Crippen LogP contribution in [0.1, 0.15) is 71.6 Å². The van der Waals surface area contributed by atoms with Crippen molar-refractivity contribution >= 4 is 5.78 Å². The molecule has 0 unspecified atom stereocenters. The van der Waals surface area contributed by atoms with Crippen LogP contribution in [0.3, 0.4) is 0 Å². The number of Topliss-reactive ketones (excluding diaryl/α,β-unsaturated/α-hetero) is 1. The molecule has 0 aromatic heterocycles. The van der Waals surface area contributed by atoms with Gasteiger partial charge >= 0.3 is 0 Å². The molecule has 1 nitrogen and oxygen atoms in total. The minimum atomic E-state index is 0.0652. The van der Waals surface area contributed by atoms with Gasteiger partial charge in [-0.3, -0.25) is 4.79 Å². The maximum Gasteiger partial charge on any atom is 0.142 e. The molecule has 0 aromatic rings. The summed E-state index contributed by atoms with van der Waals surface area (Å²) in [6.45, 7) is 4.88. The van der Waals surface area contributed by atoms with E-state index in [0.717, 1.165) is 17.8 Å². The highest BCUT2D eigenvalue weighted by Gasteiger charge is 2.59. The van der Waals surface area contributed by atoms with Crippen LogP contribution in [0.4, 0.5) is 0 Å². The van der Waals surface area contributed by atoms with Gasteiger partial charge < -0.3 is 0 Å². The lowest BCUT2D eigenvalue weighted by molar-refractivity contribution is -0.157. The van der Waals surface area contributed by atoms with Gasteiger partial charge in [-0.15, -0.1) is 0 Å². The van der Waals surface area contributed by atoms with E-state index in [2.05, 4.69) is 13.8 Å². The Bertz CT molecular complexity index is 414. The van der Waals surface area contributed by atoms with Crippen molar-refractivity contribution in [3.05, 3.63) is 0 Å². The van der Waals surface area contributed by atoms with Gasteiger partial charge in [0.15, 0.2) is 0 Å². The summed E-state index contributed by atoms with van der Waals surface area (Å²) in [6, 6.07) is 0. The van der Waals surface area contributed by atoms with E-state index >= 15 is 0 Å². The third-order valence-corrected chi connectivity index (χ3v) is 7.78. The summed E-state index contributed by atoms with van der Waals surface area (Å²) in [7, 11) is 0. The van der Waals surface area contributed by atoms with Gasteiger partial charge in [0.1, 0.15) is 5.78 Å². The first-order chi connectivity index (χ1) is 9.05. The van der Waals surface area contributed by atoms with Crippen LogP contribution in [-0.2, 0) is 4.79 Å². The zero-order valence-electron chi connectivity index (χ0n) is 12.6. The van der Waals surface area contributed by atoms with Crippen LogP contribution in [0, 0.1) is 34.5 Å². The maximum absolute atomic E-state index is 12.8. The van der Waals surface area contributed by atoms with Crippen LogP contribution in [0.15, 0.2) is 0 Å². The van der Waals surface area contributed by atoms with Gasteiger partial charge in [0.2, 0.25) is 0 Å². The van der Waals surface area contributed by atoms with Crippen molar-refractivity contribution in [3.63, 3.8) is 0 Å². The lowest BCUT2D eigenvalue weighted by atomic mass is 9.45. The summed E-state index contributed by atoms with van der Waals surface area (Å²) in [4.78, 5) is 12.8. The lowest BCUT2D eigenvalue weighted by Crippen LogP contribution is -2.55. The third kappa shape index (κ3) is 1.51. The van der Waals surface area contributed by atoms with Crippen molar-refractivity contribution in [1.82, 2.24) is 0 Å². The van der Waals surface area contributed by atoms with E-state index in [4.69, 9.17) is 0 Å². The fourth-order valence-corrected chi connectivity index (χ4v) is 6.76. The zero-order valence-corrected chi connectivity index (χ0v) is 12.6. The molecule has 0 aliphatic heterocycles. The minimum absolute atomic E-state index is 0.0652. The van der Waals surface area contributed by atoms with Crippen LogP contribution in [0.2, 0.25) is 0 Å². The number of carbonyl (C=O) groups excluding carboxylic acids is 1. The summed E-state index contributed by atoms with van der Waals surface area (Å²) < 4.78 is 0. The second kappa shape index (κ2) is 3.86. The Morgan fingerprint density at radius 3 is 2.58 bits per heavy atom. The summed E-state index contributed by atoms with van der Waals surface area (Å²) >= 11 is 0. The second-order valence-electron chi connectivity index (χ2n) is 8.57. The van der Waals surface area contributed by atoms with E-state index in [1.165, 1.54) is 57.8 Å².